The second kappa shape index (κ2) is 9.66. The highest BCUT2D eigenvalue weighted by Crippen LogP contribution is 2.33. The highest BCUT2D eigenvalue weighted by atomic mass is 19.4. The van der Waals surface area contributed by atoms with Crippen molar-refractivity contribution in [2.24, 2.45) is 7.05 Å². The molecule has 0 bridgehead atoms. The first kappa shape index (κ1) is 22.8. The third-order valence-corrected chi connectivity index (χ3v) is 5.69. The summed E-state index contributed by atoms with van der Waals surface area (Å²) < 4.78 is 46.1. The van der Waals surface area contributed by atoms with Crippen LogP contribution >= 0.6 is 0 Å². The van der Waals surface area contributed by atoms with Crippen LogP contribution in [0, 0.1) is 0 Å². The SMILES string of the molecule is Cn1nccc1-c1cc(NC(=O)c2ccc(C(F)(F)F)cc2)ccc1OCCC1CCCN1. The molecule has 2 N–H and O–H groups in total. The van der Waals surface area contributed by atoms with E-state index in [9.17, 15) is 18.0 Å². The Bertz CT molecular complexity index is 1100. The van der Waals surface area contributed by atoms with Gasteiger partial charge < -0.3 is 15.4 Å². The number of nitrogens with one attached hydrogen (secondary N) is 2. The van der Waals surface area contributed by atoms with Crippen LogP contribution in [-0.2, 0) is 13.2 Å². The summed E-state index contributed by atoms with van der Waals surface area (Å²) in [6.07, 6.45) is 0.452. The van der Waals surface area contributed by atoms with Gasteiger partial charge in [-0.3, -0.25) is 9.48 Å². The molecule has 1 amide bonds. The van der Waals surface area contributed by atoms with E-state index in [2.05, 4.69) is 15.7 Å². The van der Waals surface area contributed by atoms with Crippen LogP contribution in [0.3, 0.4) is 0 Å². The maximum Gasteiger partial charge on any atom is 0.416 e. The first-order valence-corrected chi connectivity index (χ1v) is 10.8. The lowest BCUT2D eigenvalue weighted by Crippen LogP contribution is -2.23. The summed E-state index contributed by atoms with van der Waals surface area (Å²) in [6.45, 7) is 1.60. The molecule has 1 aliphatic heterocycles. The molecule has 3 aromatic rings. The number of aromatic nitrogens is 2. The van der Waals surface area contributed by atoms with Gasteiger partial charge in [0.2, 0.25) is 0 Å². The van der Waals surface area contributed by atoms with E-state index in [-0.39, 0.29) is 5.56 Å². The summed E-state index contributed by atoms with van der Waals surface area (Å²) >= 11 is 0. The van der Waals surface area contributed by atoms with Gasteiger partial charge in [0.25, 0.3) is 5.91 Å². The van der Waals surface area contributed by atoms with Crippen molar-refractivity contribution >= 4 is 11.6 Å². The molecule has 2 aromatic carbocycles. The highest BCUT2D eigenvalue weighted by Gasteiger charge is 2.30. The lowest BCUT2D eigenvalue weighted by molar-refractivity contribution is -0.137. The minimum atomic E-state index is -4.45. The number of hydrogen-bond acceptors (Lipinski definition) is 4. The number of amides is 1. The van der Waals surface area contributed by atoms with Crippen molar-refractivity contribution in [2.45, 2.75) is 31.5 Å². The predicted octanol–water partition coefficient (Wildman–Crippen LogP) is 4.88. The fourth-order valence-corrected chi connectivity index (χ4v) is 3.90. The zero-order chi connectivity index (χ0) is 23.4. The number of ether oxygens (including phenoxy) is 1. The molecule has 0 spiro atoms. The van der Waals surface area contributed by atoms with E-state index < -0.39 is 17.6 Å². The third-order valence-electron chi connectivity index (χ3n) is 5.69. The van der Waals surface area contributed by atoms with E-state index in [4.69, 9.17) is 4.74 Å². The van der Waals surface area contributed by atoms with Gasteiger partial charge in [-0.05, 0) is 74.3 Å². The maximum absolute atomic E-state index is 12.8. The second-order valence-corrected chi connectivity index (χ2v) is 8.01. The molecule has 0 aliphatic carbocycles. The Morgan fingerprint density at radius 1 is 1.21 bits per heavy atom. The maximum atomic E-state index is 12.8. The van der Waals surface area contributed by atoms with Crippen molar-refractivity contribution in [3.05, 3.63) is 65.9 Å². The Morgan fingerprint density at radius 2 is 2.00 bits per heavy atom. The molecular weight excluding hydrogens is 433 g/mol. The topological polar surface area (TPSA) is 68.2 Å². The normalized spacial score (nSPS) is 16.1. The number of carbonyl (C=O) groups excluding carboxylic acids is 1. The molecule has 4 rings (SSSR count). The molecule has 2 heterocycles. The number of halogens is 3. The van der Waals surface area contributed by atoms with Crippen molar-refractivity contribution in [3.8, 4) is 17.0 Å². The van der Waals surface area contributed by atoms with Gasteiger partial charge in [-0.1, -0.05) is 0 Å². The summed E-state index contributed by atoms with van der Waals surface area (Å²) in [7, 11) is 1.81. The van der Waals surface area contributed by atoms with Gasteiger partial charge in [-0.15, -0.1) is 0 Å². The summed E-state index contributed by atoms with van der Waals surface area (Å²) in [5.41, 5.74) is 1.41. The Kier molecular flexibility index (Phi) is 6.69. The van der Waals surface area contributed by atoms with Crippen molar-refractivity contribution in [1.29, 1.82) is 0 Å². The Hall–Kier alpha value is -3.33. The van der Waals surface area contributed by atoms with E-state index in [0.717, 1.165) is 54.9 Å². The molecule has 0 radical (unpaired) electrons. The van der Waals surface area contributed by atoms with Crippen molar-refractivity contribution in [2.75, 3.05) is 18.5 Å². The number of alkyl halides is 3. The Balaban J connectivity index is 1.51. The van der Waals surface area contributed by atoms with E-state index in [1.54, 1.807) is 29.1 Å². The van der Waals surface area contributed by atoms with Crippen LogP contribution in [-0.4, -0.2) is 34.9 Å². The number of carbonyl (C=O) groups is 1. The molecule has 1 aliphatic rings. The minimum absolute atomic E-state index is 0.134. The van der Waals surface area contributed by atoms with E-state index in [0.29, 0.717) is 24.1 Å². The summed E-state index contributed by atoms with van der Waals surface area (Å²) in [6, 6.07) is 11.7. The van der Waals surface area contributed by atoms with Gasteiger partial charge in [0, 0.05) is 36.1 Å². The zero-order valence-corrected chi connectivity index (χ0v) is 18.2. The highest BCUT2D eigenvalue weighted by molar-refractivity contribution is 6.04. The van der Waals surface area contributed by atoms with Crippen LogP contribution in [0.2, 0.25) is 0 Å². The van der Waals surface area contributed by atoms with Crippen LogP contribution in [0.1, 0.15) is 35.2 Å². The second-order valence-electron chi connectivity index (χ2n) is 8.01. The number of anilines is 1. The quantitative estimate of drug-likeness (QED) is 0.530. The first-order valence-electron chi connectivity index (χ1n) is 10.8. The van der Waals surface area contributed by atoms with Crippen LogP contribution in [0.25, 0.3) is 11.3 Å². The van der Waals surface area contributed by atoms with E-state index >= 15 is 0 Å². The molecule has 33 heavy (non-hydrogen) atoms. The molecule has 1 atom stereocenters. The molecule has 1 fully saturated rings. The first-order chi connectivity index (χ1) is 15.8. The lowest BCUT2D eigenvalue weighted by atomic mass is 10.1. The molecule has 174 valence electrons. The minimum Gasteiger partial charge on any atom is -0.493 e. The van der Waals surface area contributed by atoms with Gasteiger partial charge in [-0.2, -0.15) is 18.3 Å². The number of rotatable bonds is 7. The number of benzene rings is 2. The Morgan fingerprint density at radius 3 is 2.64 bits per heavy atom. The summed E-state index contributed by atoms with van der Waals surface area (Å²) in [4.78, 5) is 12.6. The third kappa shape index (κ3) is 5.54. The molecule has 6 nitrogen and oxygen atoms in total. The smallest absolute Gasteiger partial charge is 0.416 e. The number of aryl methyl sites for hydroxylation is 1. The molecular formula is C24H25F3N4O2. The van der Waals surface area contributed by atoms with Crippen LogP contribution < -0.4 is 15.4 Å². The van der Waals surface area contributed by atoms with Crippen LogP contribution in [0.4, 0.5) is 18.9 Å². The number of nitrogens with zero attached hydrogens (tertiary/aromatic N) is 2. The average molecular weight is 458 g/mol. The summed E-state index contributed by atoms with van der Waals surface area (Å²) in [5.74, 6) is 0.171. The summed E-state index contributed by atoms with van der Waals surface area (Å²) in [5, 5.41) is 10.4. The monoisotopic (exact) mass is 458 g/mol. The molecule has 1 aromatic heterocycles. The standard InChI is InChI=1S/C24H25F3N4O2/c1-31-21(10-13-29-31)20-15-19(8-9-22(20)33-14-11-18-3-2-12-28-18)30-23(32)16-4-6-17(7-5-16)24(25,26)27/h4-10,13,15,18,28H,2-3,11-12,14H2,1H3,(H,30,32). The molecule has 1 saturated heterocycles. The zero-order valence-electron chi connectivity index (χ0n) is 18.2. The van der Waals surface area contributed by atoms with Crippen LogP contribution in [0.5, 0.6) is 5.75 Å². The largest absolute Gasteiger partial charge is 0.493 e. The Labute approximate surface area is 189 Å². The van der Waals surface area contributed by atoms with Gasteiger partial charge in [0.1, 0.15) is 5.75 Å². The van der Waals surface area contributed by atoms with Crippen LogP contribution in [0.15, 0.2) is 54.7 Å². The molecule has 9 heteroatoms. The average Bonchev–Trinajstić information content (AvgIpc) is 3.46. The lowest BCUT2D eigenvalue weighted by Gasteiger charge is -2.16. The van der Waals surface area contributed by atoms with E-state index in [1.165, 1.54) is 6.42 Å². The fourth-order valence-electron chi connectivity index (χ4n) is 3.90. The van der Waals surface area contributed by atoms with Gasteiger partial charge in [0.05, 0.1) is 17.9 Å². The van der Waals surface area contributed by atoms with Crippen molar-refractivity contribution < 1.29 is 22.7 Å². The van der Waals surface area contributed by atoms with Gasteiger partial charge in [0.15, 0.2) is 0 Å². The van der Waals surface area contributed by atoms with Crippen molar-refractivity contribution in [1.82, 2.24) is 15.1 Å². The fraction of sp³-hybridized carbons (Fsp3) is 0.333. The number of hydrogen-bond donors (Lipinski definition) is 2. The molecule has 1 unspecified atom stereocenters. The van der Waals surface area contributed by atoms with Crippen molar-refractivity contribution in [3.63, 3.8) is 0 Å². The molecule has 0 saturated carbocycles. The van der Waals surface area contributed by atoms with Gasteiger partial charge in [-0.25, -0.2) is 0 Å². The van der Waals surface area contributed by atoms with E-state index in [1.807, 2.05) is 13.1 Å². The van der Waals surface area contributed by atoms with Gasteiger partial charge >= 0.3 is 6.18 Å². The predicted molar refractivity (Wildman–Crippen MR) is 119 cm³/mol.